The van der Waals surface area contributed by atoms with Gasteiger partial charge in [0, 0.05) is 37.7 Å². The Bertz CT molecular complexity index is 827. The van der Waals surface area contributed by atoms with Gasteiger partial charge in [-0.05, 0) is 24.6 Å². The Kier molecular flexibility index (Phi) is 4.74. The number of carbonyl (C=O) groups excluding carboxylic acids is 1. The van der Waals surface area contributed by atoms with E-state index in [1.165, 1.54) is 12.7 Å². The van der Waals surface area contributed by atoms with Crippen LogP contribution in [0.4, 0.5) is 0 Å². The van der Waals surface area contributed by atoms with Crippen LogP contribution in [0.2, 0.25) is 0 Å². The molecular formula is C21H25N3O3. The summed E-state index contributed by atoms with van der Waals surface area (Å²) in [6.07, 6.45) is 0. The molecule has 2 aliphatic rings. The molecule has 0 spiro atoms. The molecular weight excluding hydrogens is 342 g/mol. The number of hydrogen-bond donors (Lipinski definition) is 0. The summed E-state index contributed by atoms with van der Waals surface area (Å²) in [5.41, 5.74) is 1.81. The minimum atomic E-state index is -0.0223. The lowest BCUT2D eigenvalue weighted by Crippen LogP contribution is -2.33. The van der Waals surface area contributed by atoms with Gasteiger partial charge in [-0.2, -0.15) is 4.98 Å². The molecule has 6 nitrogen and oxygen atoms in total. The van der Waals surface area contributed by atoms with E-state index in [1.807, 2.05) is 11.0 Å². The summed E-state index contributed by atoms with van der Waals surface area (Å²) in [7, 11) is 5.25. The normalized spacial score (nSPS) is 24.7. The summed E-state index contributed by atoms with van der Waals surface area (Å²) in [4.78, 5) is 21.7. The minimum Gasteiger partial charge on any atom is -0.481 e. The van der Waals surface area contributed by atoms with E-state index >= 15 is 0 Å². The number of aromatic nitrogens is 1. The molecule has 3 heterocycles. The van der Waals surface area contributed by atoms with Crippen molar-refractivity contribution in [2.45, 2.75) is 6.04 Å². The highest BCUT2D eigenvalue weighted by Crippen LogP contribution is 2.44. The maximum absolute atomic E-state index is 13.1. The molecule has 1 amide bonds. The molecule has 0 bridgehead atoms. The van der Waals surface area contributed by atoms with Crippen LogP contribution in [0.1, 0.15) is 22.0 Å². The van der Waals surface area contributed by atoms with Gasteiger partial charge in [0.2, 0.25) is 11.8 Å². The second-order valence-corrected chi connectivity index (χ2v) is 7.34. The number of carbonyl (C=O) groups is 1. The van der Waals surface area contributed by atoms with Crippen molar-refractivity contribution in [2.75, 3.05) is 40.9 Å². The Hall–Kier alpha value is -2.60. The van der Waals surface area contributed by atoms with Gasteiger partial charge in [0.15, 0.2) is 0 Å². The molecule has 4 rings (SSSR count). The third-order valence-electron chi connectivity index (χ3n) is 5.79. The Morgan fingerprint density at radius 1 is 1.04 bits per heavy atom. The number of benzene rings is 1. The smallest absolute Gasteiger partial charge is 0.259 e. The largest absolute Gasteiger partial charge is 0.481 e. The fourth-order valence-corrected chi connectivity index (χ4v) is 4.60. The topological polar surface area (TPSA) is 54.9 Å². The number of pyridine rings is 1. The van der Waals surface area contributed by atoms with Crippen LogP contribution in [0.15, 0.2) is 42.5 Å². The Morgan fingerprint density at radius 3 is 2.52 bits per heavy atom. The van der Waals surface area contributed by atoms with Gasteiger partial charge in [-0.1, -0.05) is 30.3 Å². The summed E-state index contributed by atoms with van der Waals surface area (Å²) in [5.74, 6) is 1.66. The van der Waals surface area contributed by atoms with Gasteiger partial charge in [-0.25, -0.2) is 0 Å². The lowest BCUT2D eigenvalue weighted by atomic mass is 9.90. The van der Waals surface area contributed by atoms with E-state index in [0.717, 1.165) is 19.6 Å². The van der Waals surface area contributed by atoms with Crippen molar-refractivity contribution in [3.8, 4) is 11.8 Å². The monoisotopic (exact) mass is 367 g/mol. The van der Waals surface area contributed by atoms with Crippen molar-refractivity contribution >= 4 is 5.91 Å². The van der Waals surface area contributed by atoms with Crippen LogP contribution >= 0.6 is 0 Å². The van der Waals surface area contributed by atoms with Gasteiger partial charge in [0.1, 0.15) is 5.56 Å². The average molecular weight is 367 g/mol. The number of nitrogens with zero attached hydrogens (tertiary/aromatic N) is 3. The molecule has 2 aromatic rings. The van der Waals surface area contributed by atoms with Crippen molar-refractivity contribution in [2.24, 2.45) is 11.8 Å². The highest BCUT2D eigenvalue weighted by Gasteiger charge is 2.47. The van der Waals surface area contributed by atoms with Crippen LogP contribution < -0.4 is 9.47 Å². The summed E-state index contributed by atoms with van der Waals surface area (Å²) in [5, 5.41) is 0. The van der Waals surface area contributed by atoms with E-state index in [4.69, 9.17) is 9.47 Å². The quantitative estimate of drug-likeness (QED) is 0.831. The van der Waals surface area contributed by atoms with Crippen molar-refractivity contribution in [1.29, 1.82) is 0 Å². The molecule has 2 aliphatic heterocycles. The highest BCUT2D eigenvalue weighted by atomic mass is 16.5. The molecule has 0 N–H and O–H groups in total. The lowest BCUT2D eigenvalue weighted by Gasteiger charge is -2.27. The SMILES string of the molecule is COc1ccc(C(=O)N2C[C@@H]3CN(C)[C@@H](c4ccccc4)[C@@H]3C2)c(OC)n1. The molecule has 1 aromatic heterocycles. The first kappa shape index (κ1) is 17.8. The number of likely N-dealkylation sites (tertiary alicyclic amines) is 2. The molecule has 0 unspecified atom stereocenters. The van der Waals surface area contributed by atoms with Crippen LogP contribution in [0, 0.1) is 11.8 Å². The van der Waals surface area contributed by atoms with Gasteiger partial charge < -0.3 is 14.4 Å². The Balaban J connectivity index is 1.56. The predicted octanol–water partition coefficient (Wildman–Crippen LogP) is 2.47. The van der Waals surface area contributed by atoms with Gasteiger partial charge in [-0.3, -0.25) is 9.69 Å². The average Bonchev–Trinajstić information content (AvgIpc) is 3.24. The molecule has 3 atom stereocenters. The number of ether oxygens (including phenoxy) is 2. The fourth-order valence-electron chi connectivity index (χ4n) is 4.60. The first-order chi connectivity index (χ1) is 13.1. The number of rotatable bonds is 4. The zero-order chi connectivity index (χ0) is 19.0. The molecule has 6 heteroatoms. The number of fused-ring (bicyclic) bond motifs is 1. The standard InChI is InChI=1S/C21H25N3O3/c1-23-11-15-12-24(13-17(15)19(23)14-7-5-4-6-8-14)21(25)16-9-10-18(26-2)22-20(16)27-3/h4-10,15,17,19H,11-13H2,1-3H3/t15-,17+,19-/m0/s1. The molecule has 0 aliphatic carbocycles. The second kappa shape index (κ2) is 7.19. The van der Waals surface area contributed by atoms with E-state index < -0.39 is 0 Å². The summed E-state index contributed by atoms with van der Waals surface area (Å²) < 4.78 is 10.5. The van der Waals surface area contributed by atoms with Gasteiger partial charge in [0.25, 0.3) is 5.91 Å². The third kappa shape index (κ3) is 3.14. The maximum Gasteiger partial charge on any atom is 0.259 e. The van der Waals surface area contributed by atoms with Crippen LogP contribution in [0.25, 0.3) is 0 Å². The van der Waals surface area contributed by atoms with Crippen molar-refractivity contribution in [3.63, 3.8) is 0 Å². The minimum absolute atomic E-state index is 0.0223. The summed E-state index contributed by atoms with van der Waals surface area (Å²) in [6.45, 7) is 2.53. The van der Waals surface area contributed by atoms with Gasteiger partial charge in [0.05, 0.1) is 14.2 Å². The van der Waals surface area contributed by atoms with E-state index in [9.17, 15) is 4.79 Å². The number of hydrogen-bond acceptors (Lipinski definition) is 5. The van der Waals surface area contributed by atoms with E-state index in [2.05, 4.69) is 41.2 Å². The van der Waals surface area contributed by atoms with E-state index in [1.54, 1.807) is 19.2 Å². The number of methoxy groups -OCH3 is 2. The molecule has 1 aromatic carbocycles. The Morgan fingerprint density at radius 2 is 1.81 bits per heavy atom. The predicted molar refractivity (Wildman–Crippen MR) is 102 cm³/mol. The van der Waals surface area contributed by atoms with Crippen LogP contribution in [-0.2, 0) is 0 Å². The molecule has 0 saturated carbocycles. The van der Waals surface area contributed by atoms with Gasteiger partial charge >= 0.3 is 0 Å². The molecule has 142 valence electrons. The number of amides is 1. The second-order valence-electron chi connectivity index (χ2n) is 7.34. The van der Waals surface area contributed by atoms with Crippen molar-refractivity contribution in [1.82, 2.24) is 14.8 Å². The zero-order valence-electron chi connectivity index (χ0n) is 16.0. The van der Waals surface area contributed by atoms with Crippen LogP contribution in [0.5, 0.6) is 11.8 Å². The summed E-state index contributed by atoms with van der Waals surface area (Å²) >= 11 is 0. The Labute approximate surface area is 159 Å². The van der Waals surface area contributed by atoms with Crippen LogP contribution in [0.3, 0.4) is 0 Å². The van der Waals surface area contributed by atoms with Crippen LogP contribution in [-0.4, -0.2) is 61.6 Å². The lowest BCUT2D eigenvalue weighted by molar-refractivity contribution is 0.0763. The van der Waals surface area contributed by atoms with Gasteiger partial charge in [-0.15, -0.1) is 0 Å². The van der Waals surface area contributed by atoms with E-state index in [-0.39, 0.29) is 5.91 Å². The molecule has 2 fully saturated rings. The fraction of sp³-hybridized carbons (Fsp3) is 0.429. The van der Waals surface area contributed by atoms with Crippen molar-refractivity contribution < 1.29 is 14.3 Å². The maximum atomic E-state index is 13.1. The zero-order valence-corrected chi connectivity index (χ0v) is 16.0. The van der Waals surface area contributed by atoms with E-state index in [0.29, 0.717) is 35.2 Å². The first-order valence-electron chi connectivity index (χ1n) is 9.26. The third-order valence-corrected chi connectivity index (χ3v) is 5.79. The molecule has 2 saturated heterocycles. The summed E-state index contributed by atoms with van der Waals surface area (Å²) in [6, 6.07) is 14.4. The molecule has 27 heavy (non-hydrogen) atoms. The van der Waals surface area contributed by atoms with Crippen molar-refractivity contribution in [3.05, 3.63) is 53.6 Å². The molecule has 0 radical (unpaired) electrons. The first-order valence-corrected chi connectivity index (χ1v) is 9.26. The highest BCUT2D eigenvalue weighted by molar-refractivity contribution is 5.96.